The lowest BCUT2D eigenvalue weighted by molar-refractivity contribution is -0.385. The topological polar surface area (TPSA) is 111 Å². The van der Waals surface area contributed by atoms with E-state index in [1.807, 2.05) is 6.07 Å². The van der Waals surface area contributed by atoms with Crippen molar-refractivity contribution in [3.05, 3.63) is 80.9 Å². The van der Waals surface area contributed by atoms with Crippen LogP contribution in [0, 0.1) is 21.4 Å². The molecule has 2 aromatic carbocycles. The summed E-state index contributed by atoms with van der Waals surface area (Å²) in [5, 5.41) is 20.4. The molecule has 0 unspecified atom stereocenters. The number of nitrogens with zero attached hydrogens (tertiary/aromatic N) is 4. The molecular formula is C18H11ClN4O4. The van der Waals surface area contributed by atoms with Crippen molar-refractivity contribution in [2.45, 2.75) is 0 Å². The van der Waals surface area contributed by atoms with Gasteiger partial charge >= 0.3 is 5.69 Å². The highest BCUT2D eigenvalue weighted by Gasteiger charge is 2.22. The summed E-state index contributed by atoms with van der Waals surface area (Å²) in [6.07, 6.45) is 3.07. The minimum atomic E-state index is -0.651. The number of nitro benzene ring substituents is 1. The van der Waals surface area contributed by atoms with Gasteiger partial charge in [-0.25, -0.2) is 4.98 Å². The predicted octanol–water partition coefficient (Wildman–Crippen LogP) is 3.88. The number of nitro groups is 1. The summed E-state index contributed by atoms with van der Waals surface area (Å²) in [5.74, 6) is -0.216. The number of halogens is 1. The second-order valence-electron chi connectivity index (χ2n) is 5.49. The summed E-state index contributed by atoms with van der Waals surface area (Å²) < 4.78 is 7.06. The Bertz CT molecular complexity index is 1100. The van der Waals surface area contributed by atoms with Crippen LogP contribution in [-0.2, 0) is 7.05 Å². The van der Waals surface area contributed by atoms with Gasteiger partial charge in [0.25, 0.3) is 0 Å². The molecule has 0 aliphatic heterocycles. The second kappa shape index (κ2) is 7.27. The number of carbonyl (C=O) groups is 1. The minimum Gasteiger partial charge on any atom is -0.449 e. The van der Waals surface area contributed by atoms with Crippen LogP contribution in [0.5, 0.6) is 11.5 Å². The molecule has 0 fully saturated rings. The van der Waals surface area contributed by atoms with Crippen molar-refractivity contribution >= 4 is 23.1 Å². The van der Waals surface area contributed by atoms with Crippen LogP contribution in [0.1, 0.15) is 21.7 Å². The van der Waals surface area contributed by atoms with Gasteiger partial charge in [-0.3, -0.25) is 14.9 Å². The average Bonchev–Trinajstić information content (AvgIpc) is 3.08. The first-order valence-corrected chi connectivity index (χ1v) is 7.96. The molecule has 0 bridgehead atoms. The summed E-state index contributed by atoms with van der Waals surface area (Å²) in [6.45, 7) is 0. The molecule has 134 valence electrons. The minimum absolute atomic E-state index is 0.0806. The Morgan fingerprint density at radius 2 is 2.04 bits per heavy atom. The number of aromatic nitrogens is 2. The first kappa shape index (κ1) is 18.1. The summed E-state index contributed by atoms with van der Waals surface area (Å²) in [4.78, 5) is 27.2. The van der Waals surface area contributed by atoms with Gasteiger partial charge in [0.1, 0.15) is 5.75 Å². The van der Waals surface area contributed by atoms with Crippen LogP contribution in [-0.4, -0.2) is 20.3 Å². The zero-order valence-electron chi connectivity index (χ0n) is 13.9. The Balaban J connectivity index is 1.98. The van der Waals surface area contributed by atoms with E-state index in [1.165, 1.54) is 41.1 Å². The van der Waals surface area contributed by atoms with Crippen molar-refractivity contribution < 1.29 is 14.5 Å². The molecule has 0 N–H and O–H groups in total. The molecule has 8 nitrogen and oxygen atoms in total. The summed E-state index contributed by atoms with van der Waals surface area (Å²) >= 11 is 6.05. The van der Waals surface area contributed by atoms with E-state index in [-0.39, 0.29) is 27.9 Å². The van der Waals surface area contributed by atoms with Gasteiger partial charge in [-0.15, -0.1) is 0 Å². The largest absolute Gasteiger partial charge is 0.449 e. The fourth-order valence-corrected chi connectivity index (χ4v) is 2.59. The number of hydrogen-bond acceptors (Lipinski definition) is 6. The zero-order valence-corrected chi connectivity index (χ0v) is 14.7. The van der Waals surface area contributed by atoms with E-state index in [0.29, 0.717) is 5.56 Å². The van der Waals surface area contributed by atoms with Crippen LogP contribution in [0.2, 0.25) is 5.02 Å². The second-order valence-corrected chi connectivity index (χ2v) is 5.90. The Morgan fingerprint density at radius 3 is 2.63 bits per heavy atom. The van der Waals surface area contributed by atoms with E-state index in [9.17, 15) is 14.9 Å². The van der Waals surface area contributed by atoms with Crippen molar-refractivity contribution in [3.63, 3.8) is 0 Å². The van der Waals surface area contributed by atoms with Gasteiger partial charge in [-0.2, -0.15) is 5.26 Å². The monoisotopic (exact) mass is 382 g/mol. The molecule has 0 saturated carbocycles. The SMILES string of the molecule is Cn1ccnc1C(=O)c1ccc(Oc2ccc(C#N)cc2Cl)c([N+](=O)[O-])c1. The number of imidazole rings is 1. The molecule has 0 atom stereocenters. The molecule has 3 rings (SSSR count). The zero-order chi connectivity index (χ0) is 19.6. The highest BCUT2D eigenvalue weighted by Crippen LogP contribution is 2.36. The number of ketones is 1. The molecule has 0 radical (unpaired) electrons. The van der Waals surface area contributed by atoms with Crippen LogP contribution in [0.4, 0.5) is 5.69 Å². The quantitative estimate of drug-likeness (QED) is 0.376. The van der Waals surface area contributed by atoms with Crippen LogP contribution < -0.4 is 4.74 Å². The fourth-order valence-electron chi connectivity index (χ4n) is 2.37. The van der Waals surface area contributed by atoms with Gasteiger partial charge in [-0.1, -0.05) is 11.6 Å². The van der Waals surface area contributed by atoms with Crippen LogP contribution in [0.15, 0.2) is 48.8 Å². The Morgan fingerprint density at radius 1 is 1.30 bits per heavy atom. The first-order chi connectivity index (χ1) is 12.9. The smallest absolute Gasteiger partial charge is 0.312 e. The van der Waals surface area contributed by atoms with Gasteiger partial charge < -0.3 is 9.30 Å². The van der Waals surface area contributed by atoms with Gasteiger partial charge in [0.05, 0.1) is 21.6 Å². The molecule has 0 aliphatic carbocycles. The summed E-state index contributed by atoms with van der Waals surface area (Å²) in [6, 6.07) is 10.1. The lowest BCUT2D eigenvalue weighted by Crippen LogP contribution is -2.09. The maximum absolute atomic E-state index is 12.5. The Labute approximate surface area is 158 Å². The molecule has 1 aromatic heterocycles. The average molecular weight is 383 g/mol. The highest BCUT2D eigenvalue weighted by molar-refractivity contribution is 6.32. The molecule has 27 heavy (non-hydrogen) atoms. The number of aryl methyl sites for hydroxylation is 1. The highest BCUT2D eigenvalue weighted by atomic mass is 35.5. The van der Waals surface area contributed by atoms with Crippen LogP contribution in [0.25, 0.3) is 0 Å². The predicted molar refractivity (Wildman–Crippen MR) is 96.0 cm³/mol. The third-order valence-corrected chi connectivity index (χ3v) is 4.02. The molecule has 9 heteroatoms. The molecule has 0 spiro atoms. The number of benzene rings is 2. The normalized spacial score (nSPS) is 10.3. The third kappa shape index (κ3) is 3.63. The van der Waals surface area contributed by atoms with Gasteiger partial charge in [0, 0.05) is 31.1 Å². The molecule has 1 heterocycles. The van der Waals surface area contributed by atoms with Gasteiger partial charge in [0.2, 0.25) is 11.5 Å². The number of carbonyl (C=O) groups excluding carboxylic acids is 1. The lowest BCUT2D eigenvalue weighted by Gasteiger charge is -2.09. The van der Waals surface area contributed by atoms with Crippen molar-refractivity contribution in [1.82, 2.24) is 9.55 Å². The van der Waals surface area contributed by atoms with E-state index < -0.39 is 16.4 Å². The third-order valence-electron chi connectivity index (χ3n) is 3.72. The van der Waals surface area contributed by atoms with E-state index in [0.717, 1.165) is 6.07 Å². The molecule has 0 saturated heterocycles. The van der Waals surface area contributed by atoms with E-state index in [1.54, 1.807) is 13.2 Å². The van der Waals surface area contributed by atoms with Crippen molar-refractivity contribution in [3.8, 4) is 17.6 Å². The summed E-state index contributed by atoms with van der Waals surface area (Å²) in [7, 11) is 1.65. The van der Waals surface area contributed by atoms with Gasteiger partial charge in [-0.05, 0) is 30.3 Å². The Kier molecular flexibility index (Phi) is 4.88. The molecule has 0 amide bonds. The van der Waals surface area contributed by atoms with E-state index in [4.69, 9.17) is 21.6 Å². The standard InChI is InChI=1S/C18H11ClN4O4/c1-22-7-6-21-18(22)17(24)12-3-5-16(14(9-12)23(25)26)27-15-4-2-11(10-20)8-13(15)19/h2-9H,1H3. The lowest BCUT2D eigenvalue weighted by atomic mass is 10.1. The number of rotatable bonds is 5. The summed E-state index contributed by atoms with van der Waals surface area (Å²) in [5.41, 5.74) is 0.0441. The van der Waals surface area contributed by atoms with Crippen molar-refractivity contribution in [1.29, 1.82) is 5.26 Å². The van der Waals surface area contributed by atoms with Crippen molar-refractivity contribution in [2.24, 2.45) is 7.05 Å². The van der Waals surface area contributed by atoms with Crippen LogP contribution >= 0.6 is 11.6 Å². The van der Waals surface area contributed by atoms with E-state index >= 15 is 0 Å². The Hall–Kier alpha value is -3.70. The maximum atomic E-state index is 12.5. The molecule has 0 aliphatic rings. The first-order valence-electron chi connectivity index (χ1n) is 7.58. The maximum Gasteiger partial charge on any atom is 0.312 e. The number of ether oxygens (including phenoxy) is 1. The van der Waals surface area contributed by atoms with E-state index in [2.05, 4.69) is 4.98 Å². The molecule has 3 aromatic rings. The molecular weight excluding hydrogens is 372 g/mol. The van der Waals surface area contributed by atoms with Crippen LogP contribution in [0.3, 0.4) is 0 Å². The number of nitriles is 1. The number of hydrogen-bond donors (Lipinski definition) is 0. The van der Waals surface area contributed by atoms with Gasteiger partial charge in [0.15, 0.2) is 5.82 Å². The van der Waals surface area contributed by atoms with Crippen molar-refractivity contribution in [2.75, 3.05) is 0 Å². The fraction of sp³-hybridized carbons (Fsp3) is 0.0556.